The van der Waals surface area contributed by atoms with Gasteiger partial charge in [0, 0.05) is 22.9 Å². The number of rotatable bonds is 6. The van der Waals surface area contributed by atoms with Crippen LogP contribution in [0.3, 0.4) is 0 Å². The van der Waals surface area contributed by atoms with Crippen LogP contribution in [0.2, 0.25) is 0 Å². The second-order valence-corrected chi connectivity index (χ2v) is 9.90. The molecule has 0 radical (unpaired) electrons. The van der Waals surface area contributed by atoms with Crippen LogP contribution in [0.15, 0.2) is 57.2 Å². The van der Waals surface area contributed by atoms with Gasteiger partial charge in [-0.05, 0) is 62.1 Å². The monoisotopic (exact) mass is 436 g/mol. The Bertz CT molecular complexity index is 955. The number of hydrogen-bond acceptors (Lipinski definition) is 5. The predicted octanol–water partition coefficient (Wildman–Crippen LogP) is 4.56. The van der Waals surface area contributed by atoms with E-state index >= 15 is 0 Å². The Morgan fingerprint density at radius 2 is 1.64 bits per heavy atom. The third-order valence-electron chi connectivity index (χ3n) is 4.71. The Morgan fingerprint density at radius 3 is 2.32 bits per heavy atom. The van der Waals surface area contributed by atoms with Crippen molar-refractivity contribution in [2.45, 2.75) is 33.9 Å². The summed E-state index contributed by atoms with van der Waals surface area (Å²) in [4.78, 5) is 16.6. The molecule has 0 unspecified atom stereocenters. The average Bonchev–Trinajstić information content (AvgIpc) is 2.73. The summed E-state index contributed by atoms with van der Waals surface area (Å²) in [6.45, 7) is 1.45. The molecule has 1 heterocycles. The van der Waals surface area contributed by atoms with Crippen LogP contribution in [-0.2, 0) is 10.0 Å². The standard InChI is InChI=1S/C20H24N2O3S3/c1-26-18-11-10-15(14-16(18)20(23)22-12-6-3-7-13-22)28(24,25)21-17-8-4-5-9-19(17)27-2/h4-5,8-11,14,21H,3,6-7,12-13H2,1-2H3. The molecule has 2 aromatic rings. The molecule has 8 heteroatoms. The van der Waals surface area contributed by atoms with Crippen molar-refractivity contribution in [3.8, 4) is 0 Å². The largest absolute Gasteiger partial charge is 0.339 e. The molecular formula is C20H24N2O3S3. The highest BCUT2D eigenvalue weighted by Gasteiger charge is 2.24. The van der Waals surface area contributed by atoms with Crippen LogP contribution in [0, 0.1) is 0 Å². The number of piperidine rings is 1. The van der Waals surface area contributed by atoms with Gasteiger partial charge in [0.15, 0.2) is 0 Å². The van der Waals surface area contributed by atoms with Gasteiger partial charge in [-0.1, -0.05) is 12.1 Å². The highest BCUT2D eigenvalue weighted by atomic mass is 32.2. The average molecular weight is 437 g/mol. The number of nitrogens with one attached hydrogen (secondary N) is 1. The Balaban J connectivity index is 1.94. The number of para-hydroxylation sites is 1. The minimum atomic E-state index is -3.80. The number of nitrogens with zero attached hydrogens (tertiary/aromatic N) is 1. The van der Waals surface area contributed by atoms with Crippen molar-refractivity contribution in [1.82, 2.24) is 4.90 Å². The first kappa shape index (κ1) is 21.1. The van der Waals surface area contributed by atoms with Gasteiger partial charge in [-0.15, -0.1) is 23.5 Å². The van der Waals surface area contributed by atoms with E-state index < -0.39 is 10.0 Å². The predicted molar refractivity (Wildman–Crippen MR) is 117 cm³/mol. The van der Waals surface area contributed by atoms with E-state index in [-0.39, 0.29) is 10.8 Å². The maximum Gasteiger partial charge on any atom is 0.261 e. The molecule has 1 N–H and O–H groups in total. The van der Waals surface area contributed by atoms with E-state index in [2.05, 4.69) is 4.72 Å². The minimum Gasteiger partial charge on any atom is -0.339 e. The van der Waals surface area contributed by atoms with Gasteiger partial charge in [-0.2, -0.15) is 0 Å². The Labute approximate surface area is 175 Å². The fraction of sp³-hybridized carbons (Fsp3) is 0.350. The number of likely N-dealkylation sites (tertiary alicyclic amines) is 1. The third-order valence-corrected chi connectivity index (χ3v) is 7.66. The highest BCUT2D eigenvalue weighted by Crippen LogP contribution is 2.29. The quantitative estimate of drug-likeness (QED) is 0.673. The number of hydrogen-bond donors (Lipinski definition) is 1. The molecule has 2 aromatic carbocycles. The van der Waals surface area contributed by atoms with Gasteiger partial charge in [-0.25, -0.2) is 8.42 Å². The molecule has 0 aliphatic carbocycles. The molecular weight excluding hydrogens is 412 g/mol. The van der Waals surface area contributed by atoms with Gasteiger partial charge in [0.2, 0.25) is 0 Å². The van der Waals surface area contributed by atoms with Gasteiger partial charge in [-0.3, -0.25) is 9.52 Å². The van der Waals surface area contributed by atoms with Crippen LogP contribution < -0.4 is 4.72 Å². The Morgan fingerprint density at radius 1 is 0.964 bits per heavy atom. The van der Waals surface area contributed by atoms with Crippen molar-refractivity contribution in [3.63, 3.8) is 0 Å². The van der Waals surface area contributed by atoms with Crippen molar-refractivity contribution in [1.29, 1.82) is 0 Å². The normalized spacial score (nSPS) is 14.7. The Kier molecular flexibility index (Phi) is 6.95. The lowest BCUT2D eigenvalue weighted by Crippen LogP contribution is -2.36. The lowest BCUT2D eigenvalue weighted by molar-refractivity contribution is 0.0720. The second-order valence-electron chi connectivity index (χ2n) is 6.52. The van der Waals surface area contributed by atoms with Gasteiger partial charge in [0.05, 0.1) is 16.1 Å². The topological polar surface area (TPSA) is 66.5 Å². The van der Waals surface area contributed by atoms with Gasteiger partial charge < -0.3 is 4.90 Å². The number of sulfonamides is 1. The second kappa shape index (κ2) is 9.24. The van der Waals surface area contributed by atoms with Crippen molar-refractivity contribution in [2.24, 2.45) is 0 Å². The van der Waals surface area contributed by atoms with E-state index in [1.807, 2.05) is 29.5 Å². The van der Waals surface area contributed by atoms with Crippen molar-refractivity contribution < 1.29 is 13.2 Å². The van der Waals surface area contributed by atoms with E-state index in [4.69, 9.17) is 0 Å². The molecule has 0 aromatic heterocycles. The van der Waals surface area contributed by atoms with Crippen LogP contribution >= 0.6 is 23.5 Å². The summed E-state index contributed by atoms with van der Waals surface area (Å²) in [5.41, 5.74) is 0.989. The number of benzene rings is 2. The van der Waals surface area contributed by atoms with E-state index in [1.165, 1.54) is 29.6 Å². The summed E-state index contributed by atoms with van der Waals surface area (Å²) in [6.07, 6.45) is 6.91. The number of anilines is 1. The van der Waals surface area contributed by atoms with Crippen molar-refractivity contribution in [2.75, 3.05) is 30.3 Å². The van der Waals surface area contributed by atoms with Crippen molar-refractivity contribution in [3.05, 3.63) is 48.0 Å². The molecule has 0 spiro atoms. The molecule has 3 rings (SSSR count). The maximum atomic E-state index is 13.0. The Hall–Kier alpha value is -1.64. The van der Waals surface area contributed by atoms with Crippen LogP contribution in [0.1, 0.15) is 29.6 Å². The number of carbonyl (C=O) groups excluding carboxylic acids is 1. The summed E-state index contributed by atoms with van der Waals surface area (Å²) < 4.78 is 28.6. The minimum absolute atomic E-state index is 0.0920. The summed E-state index contributed by atoms with van der Waals surface area (Å²) >= 11 is 2.92. The zero-order valence-electron chi connectivity index (χ0n) is 16.0. The molecule has 0 atom stereocenters. The van der Waals surface area contributed by atoms with E-state index in [0.717, 1.165) is 42.1 Å². The highest BCUT2D eigenvalue weighted by molar-refractivity contribution is 7.99. The molecule has 150 valence electrons. The summed E-state index contributed by atoms with van der Waals surface area (Å²) in [5, 5.41) is 0. The van der Waals surface area contributed by atoms with Crippen LogP contribution in [0.5, 0.6) is 0 Å². The molecule has 1 aliphatic rings. The molecule has 1 amide bonds. The first-order valence-electron chi connectivity index (χ1n) is 9.09. The van der Waals surface area contributed by atoms with E-state index in [0.29, 0.717) is 11.3 Å². The zero-order chi connectivity index (χ0) is 20.1. The maximum absolute atomic E-state index is 13.0. The van der Waals surface area contributed by atoms with Crippen LogP contribution in [0.25, 0.3) is 0 Å². The number of amides is 1. The molecule has 0 saturated carbocycles. The molecule has 5 nitrogen and oxygen atoms in total. The lowest BCUT2D eigenvalue weighted by Gasteiger charge is -2.27. The fourth-order valence-electron chi connectivity index (χ4n) is 3.22. The molecule has 1 aliphatic heterocycles. The van der Waals surface area contributed by atoms with Crippen LogP contribution in [0.4, 0.5) is 5.69 Å². The fourth-order valence-corrected chi connectivity index (χ4v) is 5.52. The van der Waals surface area contributed by atoms with Gasteiger partial charge >= 0.3 is 0 Å². The molecule has 28 heavy (non-hydrogen) atoms. The molecule has 1 fully saturated rings. The van der Waals surface area contributed by atoms with E-state index in [1.54, 1.807) is 24.3 Å². The number of thioether (sulfide) groups is 2. The zero-order valence-corrected chi connectivity index (χ0v) is 18.4. The summed E-state index contributed by atoms with van der Waals surface area (Å²) in [7, 11) is -3.80. The lowest BCUT2D eigenvalue weighted by atomic mass is 10.1. The number of carbonyl (C=O) groups is 1. The third kappa shape index (κ3) is 4.67. The summed E-state index contributed by atoms with van der Waals surface area (Å²) in [5.74, 6) is -0.0920. The smallest absolute Gasteiger partial charge is 0.261 e. The van der Waals surface area contributed by atoms with E-state index in [9.17, 15) is 13.2 Å². The van der Waals surface area contributed by atoms with Gasteiger partial charge in [0.1, 0.15) is 0 Å². The van der Waals surface area contributed by atoms with Crippen LogP contribution in [-0.4, -0.2) is 44.8 Å². The molecule has 0 bridgehead atoms. The first-order chi connectivity index (χ1) is 13.5. The van der Waals surface area contributed by atoms with Crippen molar-refractivity contribution >= 4 is 45.1 Å². The SMILES string of the molecule is CSc1ccccc1NS(=O)(=O)c1ccc(SC)c(C(=O)N2CCCCC2)c1. The molecule has 1 saturated heterocycles. The van der Waals surface area contributed by atoms with Gasteiger partial charge in [0.25, 0.3) is 15.9 Å². The first-order valence-corrected chi connectivity index (χ1v) is 13.0. The summed E-state index contributed by atoms with van der Waals surface area (Å²) in [6, 6.07) is 12.0.